The first-order chi connectivity index (χ1) is 2.83. The molecular weight excluding hydrogens is 315 g/mol. The van der Waals surface area contributed by atoms with Gasteiger partial charge in [0.1, 0.15) is 0 Å². The van der Waals surface area contributed by atoms with Crippen molar-refractivity contribution < 1.29 is 21.1 Å². The van der Waals surface area contributed by atoms with E-state index in [1.54, 1.807) is 0 Å². The second kappa shape index (κ2) is 153. The minimum absolute atomic E-state index is 0. The van der Waals surface area contributed by atoms with Gasteiger partial charge in [0.15, 0.2) is 0 Å². The topological polar surface area (TPSA) is 175 Å². The predicted octanol–water partition coefficient (Wildman–Crippen LogP) is 0.823. The fourth-order valence-electron chi connectivity index (χ4n) is 0. The maximum atomic E-state index is 8.00. The SMILES string of the molecule is N.N.O=N[O-].O=N[O-].[Pt]. The molecule has 0 fully saturated rings. The van der Waals surface area contributed by atoms with E-state index in [0.29, 0.717) is 0 Å². The summed E-state index contributed by atoms with van der Waals surface area (Å²) >= 11 is 0. The Morgan fingerprint density at radius 1 is 0.889 bits per heavy atom. The van der Waals surface area contributed by atoms with Crippen LogP contribution < -0.4 is 12.3 Å². The summed E-state index contributed by atoms with van der Waals surface area (Å²) in [5.41, 5.74) is 0. The molecule has 0 aromatic heterocycles. The Hall–Kier alpha value is -0.592. The molecule has 0 amide bonds. The van der Waals surface area contributed by atoms with Gasteiger partial charge in [-0.25, -0.2) is 0 Å². The minimum Gasteiger partial charge on any atom is -0.444 e. The summed E-state index contributed by atoms with van der Waals surface area (Å²) in [7, 11) is 0. The third-order valence-electron chi connectivity index (χ3n) is 0. The van der Waals surface area contributed by atoms with Gasteiger partial charge in [0.05, 0.1) is 0 Å². The van der Waals surface area contributed by atoms with E-state index in [1.807, 2.05) is 0 Å². The molecule has 0 aliphatic carbocycles. The fourth-order valence-corrected chi connectivity index (χ4v) is 0. The summed E-state index contributed by atoms with van der Waals surface area (Å²) in [6.45, 7) is 0. The van der Waals surface area contributed by atoms with Gasteiger partial charge >= 0.3 is 0 Å². The smallest absolute Gasteiger partial charge is 0 e. The molecule has 0 saturated heterocycles. The van der Waals surface area contributed by atoms with Crippen molar-refractivity contribution in [2.45, 2.75) is 0 Å². The van der Waals surface area contributed by atoms with Crippen LogP contribution in [-0.4, -0.2) is 0 Å². The third kappa shape index (κ3) is 619. The van der Waals surface area contributed by atoms with Gasteiger partial charge in [0.2, 0.25) is 0 Å². The van der Waals surface area contributed by atoms with Crippen molar-refractivity contribution >= 4 is 0 Å². The molecule has 0 aromatic rings. The van der Waals surface area contributed by atoms with Crippen LogP contribution in [0.2, 0.25) is 0 Å². The average molecular weight is 321 g/mol. The van der Waals surface area contributed by atoms with E-state index in [1.165, 1.54) is 0 Å². The van der Waals surface area contributed by atoms with Gasteiger partial charge in [-0.15, -0.1) is 10.7 Å². The van der Waals surface area contributed by atoms with E-state index in [0.717, 1.165) is 10.7 Å². The van der Waals surface area contributed by atoms with Crippen LogP contribution in [0.3, 0.4) is 0 Å². The van der Waals surface area contributed by atoms with Crippen LogP contribution in [0.4, 0.5) is 0 Å². The van der Waals surface area contributed by atoms with Crippen molar-refractivity contribution in [2.75, 3.05) is 0 Å². The first-order valence-electron chi connectivity index (χ1n) is 0.730. The first kappa shape index (κ1) is 39.7. The maximum Gasteiger partial charge on any atom is 0 e. The zero-order valence-corrected chi connectivity index (χ0v) is 6.53. The zero-order chi connectivity index (χ0) is 5.41. The van der Waals surface area contributed by atoms with Crippen molar-refractivity contribution in [3.05, 3.63) is 20.2 Å². The van der Waals surface area contributed by atoms with Gasteiger partial charge in [-0.05, 0) is 0 Å². The Morgan fingerprint density at radius 3 is 0.889 bits per heavy atom. The number of nitrogens with zero attached hydrogens (tertiary/aromatic N) is 2. The van der Waals surface area contributed by atoms with Gasteiger partial charge in [-0.1, -0.05) is 0 Å². The maximum absolute atomic E-state index is 8.00. The summed E-state index contributed by atoms with van der Waals surface area (Å²) in [4.78, 5) is 16.0. The van der Waals surface area contributed by atoms with Crippen molar-refractivity contribution in [1.29, 1.82) is 0 Å². The molecule has 0 bridgehead atoms. The van der Waals surface area contributed by atoms with Gasteiger partial charge in [0.25, 0.3) is 0 Å². The van der Waals surface area contributed by atoms with Crippen molar-refractivity contribution in [3.8, 4) is 0 Å². The summed E-state index contributed by atoms with van der Waals surface area (Å²) < 4.78 is 0. The minimum atomic E-state index is 0. The first-order valence-corrected chi connectivity index (χ1v) is 0.730. The van der Waals surface area contributed by atoms with Gasteiger partial charge in [-0.3, -0.25) is 0 Å². The van der Waals surface area contributed by atoms with Crippen LogP contribution in [0, 0.1) is 20.2 Å². The fraction of sp³-hybridized carbons (Fsp3) is 0. The predicted molar refractivity (Wildman–Crippen MR) is 28.4 cm³/mol. The molecule has 0 rings (SSSR count). The average Bonchev–Trinajstić information content (AvgIpc) is 1.39. The third-order valence-corrected chi connectivity index (χ3v) is 0. The van der Waals surface area contributed by atoms with Crippen LogP contribution >= 0.6 is 0 Å². The molecule has 0 aliphatic heterocycles. The largest absolute Gasteiger partial charge is 0.444 e. The second-order valence-electron chi connectivity index (χ2n) is 0.149. The Bertz CT molecular complexity index is 33.5. The van der Waals surface area contributed by atoms with Crippen LogP contribution in [0.1, 0.15) is 0 Å². The van der Waals surface area contributed by atoms with E-state index in [-0.39, 0.29) is 33.4 Å². The molecule has 0 aromatic carbocycles. The Morgan fingerprint density at radius 2 is 0.889 bits per heavy atom. The van der Waals surface area contributed by atoms with Crippen LogP contribution in [0.25, 0.3) is 0 Å². The summed E-state index contributed by atoms with van der Waals surface area (Å²) in [6.07, 6.45) is 0. The molecule has 8 nitrogen and oxygen atoms in total. The molecule has 62 valence electrons. The molecule has 0 radical (unpaired) electrons. The molecule has 0 aliphatic rings. The standard InChI is InChI=1S/2HNO2.2H3N.Pt/c2*2-1-3;;;/h2*(H,2,3);2*1H3;/p-2. The Kier molecular flexibility index (Phi) is 677. The number of rotatable bonds is 0. The van der Waals surface area contributed by atoms with Crippen LogP contribution in [0.15, 0.2) is 10.7 Å². The van der Waals surface area contributed by atoms with E-state index in [4.69, 9.17) is 20.2 Å². The summed E-state index contributed by atoms with van der Waals surface area (Å²) in [6, 6.07) is 0. The summed E-state index contributed by atoms with van der Waals surface area (Å²) in [5.74, 6) is 0. The normalized spacial score (nSPS) is 2.67. The molecule has 9 heavy (non-hydrogen) atoms. The van der Waals surface area contributed by atoms with E-state index < -0.39 is 0 Å². The van der Waals surface area contributed by atoms with Gasteiger partial charge < -0.3 is 32.5 Å². The molecule has 0 atom stereocenters. The zero-order valence-electron chi connectivity index (χ0n) is 4.26. The molecule has 0 spiro atoms. The van der Waals surface area contributed by atoms with Crippen LogP contribution in [-0.2, 0) is 21.1 Å². The van der Waals surface area contributed by atoms with E-state index >= 15 is 0 Å². The van der Waals surface area contributed by atoms with Crippen molar-refractivity contribution in [2.24, 2.45) is 10.7 Å². The number of hydrogen-bond donors (Lipinski definition) is 2. The molecule has 0 heterocycles. The monoisotopic (exact) mass is 321 g/mol. The molecular formula is H6N4O4Pt-2. The second-order valence-corrected chi connectivity index (χ2v) is 0.149. The van der Waals surface area contributed by atoms with Gasteiger partial charge in [-0.2, -0.15) is 0 Å². The Balaban J connectivity index is -0.00000000889. The van der Waals surface area contributed by atoms with Crippen molar-refractivity contribution in [3.63, 3.8) is 0 Å². The van der Waals surface area contributed by atoms with Crippen molar-refractivity contribution in [1.82, 2.24) is 12.3 Å². The molecule has 9 heteroatoms. The van der Waals surface area contributed by atoms with Crippen LogP contribution in [0.5, 0.6) is 0 Å². The van der Waals surface area contributed by atoms with E-state index in [2.05, 4.69) is 0 Å². The van der Waals surface area contributed by atoms with E-state index in [9.17, 15) is 0 Å². The quantitative estimate of drug-likeness (QED) is 0.493. The van der Waals surface area contributed by atoms with Gasteiger partial charge in [0, 0.05) is 21.1 Å². The number of hydrogen-bond acceptors (Lipinski definition) is 8. The molecule has 6 N–H and O–H groups in total. The molecule has 0 saturated carbocycles. The Labute approximate surface area is 64.9 Å². The molecule has 0 unspecified atom stereocenters. The summed E-state index contributed by atoms with van der Waals surface area (Å²) in [5, 5.41) is 18.0.